The lowest BCUT2D eigenvalue weighted by atomic mass is 9.86. The molecule has 1 fully saturated rings. The van der Waals surface area contributed by atoms with Gasteiger partial charge in [0.05, 0.1) is 0 Å². The third-order valence-electron chi connectivity index (χ3n) is 3.66. The van der Waals surface area contributed by atoms with E-state index in [-0.39, 0.29) is 12.2 Å². The van der Waals surface area contributed by atoms with E-state index in [1.807, 2.05) is 31.2 Å². The van der Waals surface area contributed by atoms with Crippen molar-refractivity contribution in [1.29, 1.82) is 0 Å². The predicted molar refractivity (Wildman–Crippen MR) is 76.1 cm³/mol. The average Bonchev–Trinajstić information content (AvgIpc) is 2.39. The third-order valence-corrected chi connectivity index (χ3v) is 3.66. The summed E-state index contributed by atoms with van der Waals surface area (Å²) < 4.78 is 5.51. The van der Waals surface area contributed by atoms with Gasteiger partial charge in [0.2, 0.25) is 0 Å². The normalized spacial score (nSPS) is 22.8. The van der Waals surface area contributed by atoms with E-state index in [0.29, 0.717) is 12.5 Å². The fraction of sp³-hybridized carbons (Fsp3) is 0.533. The highest BCUT2D eigenvalue weighted by atomic mass is 16.6. The highest BCUT2D eigenvalue weighted by molar-refractivity contribution is 5.84. The Balaban J connectivity index is 1.90. The molecule has 1 aliphatic rings. The predicted octanol–water partition coefficient (Wildman–Crippen LogP) is 3.06. The second-order valence-corrected chi connectivity index (χ2v) is 5.22. The number of nitrogens with two attached hydrogens (primary N) is 1. The van der Waals surface area contributed by atoms with Gasteiger partial charge in [-0.3, -0.25) is 5.32 Å². The summed E-state index contributed by atoms with van der Waals surface area (Å²) in [6.07, 6.45) is 3.85. The first kappa shape index (κ1) is 13.9. The molecule has 4 heteroatoms. The molecule has 104 valence electrons. The van der Waals surface area contributed by atoms with Crippen LogP contribution in [0.4, 0.5) is 10.5 Å². The van der Waals surface area contributed by atoms with Gasteiger partial charge in [0.25, 0.3) is 0 Å². The minimum atomic E-state index is -0.379. The molecule has 19 heavy (non-hydrogen) atoms. The van der Waals surface area contributed by atoms with Gasteiger partial charge in [0, 0.05) is 11.6 Å². The number of benzene rings is 1. The number of carbonyl (C=O) groups excluding carboxylic acids is 1. The number of hydrogen-bond acceptors (Lipinski definition) is 3. The largest absolute Gasteiger partial charge is 0.446 e. The van der Waals surface area contributed by atoms with Crippen molar-refractivity contribution in [3.63, 3.8) is 0 Å². The lowest BCUT2D eigenvalue weighted by Gasteiger charge is -2.30. The van der Waals surface area contributed by atoms with E-state index in [2.05, 4.69) is 5.32 Å². The molecule has 2 rings (SSSR count). The van der Waals surface area contributed by atoms with E-state index in [0.717, 1.165) is 30.5 Å². The van der Waals surface area contributed by atoms with Crippen LogP contribution in [0.15, 0.2) is 24.3 Å². The maximum absolute atomic E-state index is 11.9. The first-order valence-corrected chi connectivity index (χ1v) is 6.93. The fourth-order valence-corrected chi connectivity index (χ4v) is 2.61. The molecule has 0 saturated heterocycles. The summed E-state index contributed by atoms with van der Waals surface area (Å²) in [4.78, 5) is 11.9. The monoisotopic (exact) mass is 262 g/mol. The van der Waals surface area contributed by atoms with E-state index in [4.69, 9.17) is 10.5 Å². The molecule has 0 aromatic heterocycles. The zero-order chi connectivity index (χ0) is 13.7. The first-order valence-electron chi connectivity index (χ1n) is 6.93. The number of carbonyl (C=O) groups is 1. The second kappa shape index (κ2) is 6.57. The first-order chi connectivity index (χ1) is 9.19. The summed E-state index contributed by atoms with van der Waals surface area (Å²) in [6, 6.07) is 7.68. The van der Waals surface area contributed by atoms with Crippen molar-refractivity contribution < 1.29 is 9.53 Å². The summed E-state index contributed by atoms with van der Waals surface area (Å²) in [5.41, 5.74) is 7.61. The van der Waals surface area contributed by atoms with Gasteiger partial charge in [-0.15, -0.1) is 0 Å². The Bertz CT molecular complexity index is 434. The molecular weight excluding hydrogens is 240 g/mol. The molecule has 2 unspecified atom stereocenters. The van der Waals surface area contributed by atoms with Gasteiger partial charge in [-0.05, 0) is 50.4 Å². The number of rotatable bonds is 3. The molecule has 1 amide bonds. The van der Waals surface area contributed by atoms with E-state index < -0.39 is 0 Å². The molecule has 0 bridgehead atoms. The molecule has 0 heterocycles. The molecule has 2 atom stereocenters. The van der Waals surface area contributed by atoms with Crippen LogP contribution in [0, 0.1) is 12.8 Å². The van der Waals surface area contributed by atoms with Crippen molar-refractivity contribution in [2.24, 2.45) is 11.7 Å². The molecule has 0 spiro atoms. The maximum Gasteiger partial charge on any atom is 0.411 e. The van der Waals surface area contributed by atoms with E-state index in [1.165, 1.54) is 6.42 Å². The van der Waals surface area contributed by atoms with Crippen LogP contribution in [0.3, 0.4) is 0 Å². The number of aryl methyl sites for hydroxylation is 1. The zero-order valence-electron chi connectivity index (χ0n) is 11.4. The Labute approximate surface area is 114 Å². The Kier molecular flexibility index (Phi) is 4.80. The standard InChI is InChI=1S/C15H22N2O2/c1-11-5-4-7-13(9-11)17-15(18)19-14-8-3-2-6-12(14)10-16/h4-5,7,9,12,14H,2-3,6,8,10,16H2,1H3,(H,17,18). The second-order valence-electron chi connectivity index (χ2n) is 5.22. The van der Waals surface area contributed by atoms with Crippen molar-refractivity contribution >= 4 is 11.8 Å². The smallest absolute Gasteiger partial charge is 0.411 e. The van der Waals surface area contributed by atoms with Crippen molar-refractivity contribution in [1.82, 2.24) is 0 Å². The van der Waals surface area contributed by atoms with Gasteiger partial charge in [0.15, 0.2) is 0 Å². The number of anilines is 1. The summed E-state index contributed by atoms with van der Waals surface area (Å²) in [5, 5.41) is 2.77. The molecule has 0 radical (unpaired) electrons. The summed E-state index contributed by atoms with van der Waals surface area (Å²) in [6.45, 7) is 2.57. The Morgan fingerprint density at radius 3 is 2.95 bits per heavy atom. The molecule has 1 saturated carbocycles. The summed E-state index contributed by atoms with van der Waals surface area (Å²) >= 11 is 0. The van der Waals surface area contributed by atoms with Crippen molar-refractivity contribution in [3.05, 3.63) is 29.8 Å². The zero-order valence-corrected chi connectivity index (χ0v) is 11.4. The SMILES string of the molecule is Cc1cccc(NC(=O)OC2CCCCC2CN)c1. The topological polar surface area (TPSA) is 64.3 Å². The summed E-state index contributed by atoms with van der Waals surface area (Å²) in [7, 11) is 0. The van der Waals surface area contributed by atoms with Crippen LogP contribution in [0.2, 0.25) is 0 Å². The van der Waals surface area contributed by atoms with E-state index >= 15 is 0 Å². The molecular formula is C15H22N2O2. The molecule has 1 aliphatic carbocycles. The Morgan fingerprint density at radius 1 is 1.42 bits per heavy atom. The minimum absolute atomic E-state index is 0.0384. The highest BCUT2D eigenvalue weighted by Crippen LogP contribution is 2.26. The van der Waals surface area contributed by atoms with Gasteiger partial charge in [-0.25, -0.2) is 4.79 Å². The average molecular weight is 262 g/mol. The van der Waals surface area contributed by atoms with Crippen LogP contribution in [-0.4, -0.2) is 18.7 Å². The number of nitrogens with one attached hydrogen (secondary N) is 1. The molecule has 4 nitrogen and oxygen atoms in total. The van der Waals surface area contributed by atoms with Crippen LogP contribution in [0.5, 0.6) is 0 Å². The summed E-state index contributed by atoms with van der Waals surface area (Å²) in [5.74, 6) is 0.303. The van der Waals surface area contributed by atoms with Gasteiger partial charge >= 0.3 is 6.09 Å². The van der Waals surface area contributed by atoms with Crippen LogP contribution in [0.1, 0.15) is 31.2 Å². The molecule has 0 aliphatic heterocycles. The van der Waals surface area contributed by atoms with E-state index in [1.54, 1.807) is 0 Å². The number of hydrogen-bond donors (Lipinski definition) is 2. The fourth-order valence-electron chi connectivity index (χ4n) is 2.61. The van der Waals surface area contributed by atoms with Gasteiger partial charge in [0.1, 0.15) is 6.10 Å². The van der Waals surface area contributed by atoms with E-state index in [9.17, 15) is 4.79 Å². The quantitative estimate of drug-likeness (QED) is 0.880. The maximum atomic E-state index is 11.9. The lowest BCUT2D eigenvalue weighted by molar-refractivity contribution is 0.0489. The number of amides is 1. The Hall–Kier alpha value is -1.55. The van der Waals surface area contributed by atoms with Crippen LogP contribution >= 0.6 is 0 Å². The minimum Gasteiger partial charge on any atom is -0.446 e. The molecule has 3 N–H and O–H groups in total. The van der Waals surface area contributed by atoms with Crippen molar-refractivity contribution in [2.75, 3.05) is 11.9 Å². The third kappa shape index (κ3) is 3.96. The lowest BCUT2D eigenvalue weighted by Crippen LogP contribution is -2.35. The van der Waals surface area contributed by atoms with Gasteiger partial charge < -0.3 is 10.5 Å². The Morgan fingerprint density at radius 2 is 2.21 bits per heavy atom. The van der Waals surface area contributed by atoms with Gasteiger partial charge in [-0.1, -0.05) is 18.6 Å². The molecule has 1 aromatic rings. The molecule has 1 aromatic carbocycles. The van der Waals surface area contributed by atoms with Crippen LogP contribution < -0.4 is 11.1 Å². The number of ether oxygens (including phenoxy) is 1. The van der Waals surface area contributed by atoms with Gasteiger partial charge in [-0.2, -0.15) is 0 Å². The van der Waals surface area contributed by atoms with Crippen LogP contribution in [0.25, 0.3) is 0 Å². The van der Waals surface area contributed by atoms with Crippen molar-refractivity contribution in [3.8, 4) is 0 Å². The van der Waals surface area contributed by atoms with Crippen LogP contribution in [-0.2, 0) is 4.74 Å². The highest BCUT2D eigenvalue weighted by Gasteiger charge is 2.27. The van der Waals surface area contributed by atoms with Crippen molar-refractivity contribution in [2.45, 2.75) is 38.7 Å².